The van der Waals surface area contributed by atoms with Crippen molar-refractivity contribution in [3.05, 3.63) is 65.7 Å². The lowest BCUT2D eigenvalue weighted by Gasteiger charge is -2.32. The zero-order valence-corrected chi connectivity index (χ0v) is 16.7. The van der Waals surface area contributed by atoms with E-state index in [9.17, 15) is 0 Å². The summed E-state index contributed by atoms with van der Waals surface area (Å²) in [4.78, 5) is 5.24. The predicted molar refractivity (Wildman–Crippen MR) is 113 cm³/mol. The lowest BCUT2D eigenvalue weighted by atomic mass is 10.2. The van der Waals surface area contributed by atoms with E-state index in [-0.39, 0.29) is 12.4 Å². The van der Waals surface area contributed by atoms with Gasteiger partial charge in [-0.1, -0.05) is 48.5 Å². The Morgan fingerprint density at radius 3 is 2.48 bits per heavy atom. The molecule has 2 saturated heterocycles. The fourth-order valence-corrected chi connectivity index (χ4v) is 4.05. The Morgan fingerprint density at radius 2 is 1.67 bits per heavy atom. The fourth-order valence-electron chi connectivity index (χ4n) is 4.05. The molecule has 0 spiro atoms. The zero-order chi connectivity index (χ0) is 17.6. The smallest absolute Gasteiger partial charge is 0.124 e. The van der Waals surface area contributed by atoms with Crippen molar-refractivity contribution in [3.63, 3.8) is 0 Å². The van der Waals surface area contributed by atoms with Crippen LogP contribution in [0.1, 0.15) is 17.5 Å². The van der Waals surface area contributed by atoms with Gasteiger partial charge in [-0.15, -0.1) is 12.4 Å². The topological polar surface area (TPSA) is 27.7 Å². The van der Waals surface area contributed by atoms with Gasteiger partial charge in [-0.2, -0.15) is 0 Å². The van der Waals surface area contributed by atoms with Gasteiger partial charge in [0.05, 0.1) is 0 Å². The molecule has 0 saturated carbocycles. The molecular weight excluding hydrogens is 358 g/mol. The third kappa shape index (κ3) is 5.45. The van der Waals surface area contributed by atoms with Crippen molar-refractivity contribution in [2.45, 2.75) is 25.6 Å². The Hall–Kier alpha value is -1.59. The van der Waals surface area contributed by atoms with Gasteiger partial charge in [0, 0.05) is 57.4 Å². The summed E-state index contributed by atoms with van der Waals surface area (Å²) in [6.45, 7) is 8.60. The van der Waals surface area contributed by atoms with E-state index >= 15 is 0 Å². The molecule has 1 N–H and O–H groups in total. The van der Waals surface area contributed by atoms with E-state index in [0.717, 1.165) is 31.4 Å². The molecule has 5 heteroatoms. The third-order valence-electron chi connectivity index (χ3n) is 5.52. The van der Waals surface area contributed by atoms with Crippen LogP contribution < -0.4 is 10.1 Å². The van der Waals surface area contributed by atoms with Crippen molar-refractivity contribution < 1.29 is 4.74 Å². The van der Waals surface area contributed by atoms with Crippen LogP contribution in [0.4, 0.5) is 0 Å². The van der Waals surface area contributed by atoms with Gasteiger partial charge in [0.1, 0.15) is 12.4 Å². The van der Waals surface area contributed by atoms with Gasteiger partial charge < -0.3 is 10.1 Å². The first kappa shape index (κ1) is 20.2. The second kappa shape index (κ2) is 10.1. The molecule has 4 nitrogen and oxygen atoms in total. The van der Waals surface area contributed by atoms with Crippen LogP contribution in [0.3, 0.4) is 0 Å². The number of rotatable bonds is 6. The number of benzene rings is 2. The second-order valence-electron chi connectivity index (χ2n) is 7.35. The highest BCUT2D eigenvalue weighted by Gasteiger charge is 2.28. The van der Waals surface area contributed by atoms with E-state index in [1.165, 1.54) is 43.7 Å². The van der Waals surface area contributed by atoms with E-state index < -0.39 is 0 Å². The molecule has 27 heavy (non-hydrogen) atoms. The van der Waals surface area contributed by atoms with Crippen molar-refractivity contribution in [3.8, 4) is 5.75 Å². The Kier molecular flexibility index (Phi) is 7.53. The second-order valence-corrected chi connectivity index (χ2v) is 7.35. The van der Waals surface area contributed by atoms with E-state index in [1.54, 1.807) is 0 Å². The monoisotopic (exact) mass is 387 g/mol. The number of likely N-dealkylation sites (tertiary alicyclic amines) is 1. The number of hydrogen-bond acceptors (Lipinski definition) is 4. The molecule has 0 aliphatic carbocycles. The van der Waals surface area contributed by atoms with E-state index in [0.29, 0.717) is 6.61 Å². The molecule has 1 unspecified atom stereocenters. The maximum absolute atomic E-state index is 6.13. The molecule has 146 valence electrons. The molecule has 0 aromatic heterocycles. The van der Waals surface area contributed by atoms with Crippen LogP contribution >= 0.6 is 12.4 Å². The van der Waals surface area contributed by atoms with Gasteiger partial charge in [0.25, 0.3) is 0 Å². The lowest BCUT2D eigenvalue weighted by molar-refractivity contribution is 0.170. The molecule has 0 bridgehead atoms. The summed E-state index contributed by atoms with van der Waals surface area (Å²) in [5.41, 5.74) is 2.51. The van der Waals surface area contributed by atoms with Crippen LogP contribution in [0.25, 0.3) is 0 Å². The fraction of sp³-hybridized carbons (Fsp3) is 0.455. The van der Waals surface area contributed by atoms with Crippen molar-refractivity contribution in [2.75, 3.05) is 39.3 Å². The number of hydrogen-bond donors (Lipinski definition) is 1. The van der Waals surface area contributed by atoms with E-state index in [2.05, 4.69) is 63.6 Å². The first-order valence-corrected chi connectivity index (χ1v) is 9.80. The summed E-state index contributed by atoms with van der Waals surface area (Å²) < 4.78 is 6.13. The van der Waals surface area contributed by atoms with Crippen LogP contribution in [-0.4, -0.2) is 55.1 Å². The van der Waals surface area contributed by atoms with Gasteiger partial charge in [-0.25, -0.2) is 0 Å². The normalized spacial score (nSPS) is 21.0. The Balaban J connectivity index is 0.00000210. The number of halogens is 1. The van der Waals surface area contributed by atoms with Crippen LogP contribution in [0.2, 0.25) is 0 Å². The predicted octanol–water partition coefficient (Wildman–Crippen LogP) is 3.17. The van der Waals surface area contributed by atoms with Crippen molar-refractivity contribution >= 4 is 12.4 Å². The molecule has 1 atom stereocenters. The summed E-state index contributed by atoms with van der Waals surface area (Å²) in [7, 11) is 0. The maximum Gasteiger partial charge on any atom is 0.124 e. The SMILES string of the molecule is Cl.c1ccc(COc2ccccc2CN2CCC(N3CCNCC3)C2)cc1. The summed E-state index contributed by atoms with van der Waals surface area (Å²) >= 11 is 0. The number of ether oxygens (including phenoxy) is 1. The molecule has 2 heterocycles. The van der Waals surface area contributed by atoms with Gasteiger partial charge in [-0.05, 0) is 18.1 Å². The number of nitrogens with zero attached hydrogens (tertiary/aromatic N) is 2. The Morgan fingerprint density at radius 1 is 0.926 bits per heavy atom. The molecule has 4 rings (SSSR count). The first-order chi connectivity index (χ1) is 12.9. The summed E-state index contributed by atoms with van der Waals surface area (Å²) in [5, 5.41) is 3.45. The van der Waals surface area contributed by atoms with E-state index in [1.807, 2.05) is 6.07 Å². The quantitative estimate of drug-likeness (QED) is 0.824. The number of para-hydroxylation sites is 1. The van der Waals surface area contributed by atoms with Gasteiger partial charge >= 0.3 is 0 Å². The molecule has 2 aromatic carbocycles. The van der Waals surface area contributed by atoms with Gasteiger partial charge in [-0.3, -0.25) is 9.80 Å². The van der Waals surface area contributed by atoms with Crippen LogP contribution in [0, 0.1) is 0 Å². The molecule has 2 fully saturated rings. The van der Waals surface area contributed by atoms with Crippen molar-refractivity contribution in [2.24, 2.45) is 0 Å². The summed E-state index contributed by atoms with van der Waals surface area (Å²) in [6.07, 6.45) is 1.28. The van der Waals surface area contributed by atoms with Crippen molar-refractivity contribution in [1.82, 2.24) is 15.1 Å². The Labute approximate surface area is 168 Å². The molecule has 2 aliphatic heterocycles. The number of nitrogens with one attached hydrogen (secondary N) is 1. The molecule has 0 amide bonds. The lowest BCUT2D eigenvalue weighted by Crippen LogP contribution is -2.49. The standard InChI is InChI=1S/C22H29N3O.ClH/c1-2-6-19(7-3-1)18-26-22-9-5-4-8-20(22)16-24-13-10-21(17-24)25-14-11-23-12-15-25;/h1-9,21,23H,10-18H2;1H. The highest BCUT2D eigenvalue weighted by Crippen LogP contribution is 2.24. The number of piperazine rings is 1. The van der Waals surface area contributed by atoms with Gasteiger partial charge in [0.2, 0.25) is 0 Å². The average Bonchev–Trinajstić information content (AvgIpc) is 3.17. The average molecular weight is 388 g/mol. The highest BCUT2D eigenvalue weighted by atomic mass is 35.5. The first-order valence-electron chi connectivity index (χ1n) is 9.80. The maximum atomic E-state index is 6.13. The molecule has 2 aromatic rings. The van der Waals surface area contributed by atoms with Crippen LogP contribution in [0.15, 0.2) is 54.6 Å². The third-order valence-corrected chi connectivity index (χ3v) is 5.52. The summed E-state index contributed by atoms with van der Waals surface area (Å²) in [5.74, 6) is 1.02. The highest BCUT2D eigenvalue weighted by molar-refractivity contribution is 5.85. The Bertz CT molecular complexity index is 691. The minimum Gasteiger partial charge on any atom is -0.489 e. The van der Waals surface area contributed by atoms with Crippen LogP contribution in [-0.2, 0) is 13.2 Å². The van der Waals surface area contributed by atoms with Gasteiger partial charge in [0.15, 0.2) is 0 Å². The molecule has 0 radical (unpaired) electrons. The van der Waals surface area contributed by atoms with Crippen LogP contribution in [0.5, 0.6) is 5.75 Å². The largest absolute Gasteiger partial charge is 0.489 e. The zero-order valence-electron chi connectivity index (χ0n) is 15.8. The van der Waals surface area contributed by atoms with E-state index in [4.69, 9.17) is 4.74 Å². The minimum absolute atomic E-state index is 0. The summed E-state index contributed by atoms with van der Waals surface area (Å²) in [6, 6.07) is 19.6. The van der Waals surface area contributed by atoms with Crippen molar-refractivity contribution in [1.29, 1.82) is 0 Å². The molecule has 2 aliphatic rings. The molecular formula is C22H30ClN3O. The minimum atomic E-state index is 0.